The van der Waals surface area contributed by atoms with E-state index in [4.69, 9.17) is 17.3 Å². The van der Waals surface area contributed by atoms with Crippen molar-refractivity contribution < 1.29 is 4.79 Å². The van der Waals surface area contributed by atoms with Gasteiger partial charge in [-0.15, -0.1) is 0 Å². The summed E-state index contributed by atoms with van der Waals surface area (Å²) >= 11 is 5.88. The van der Waals surface area contributed by atoms with Gasteiger partial charge in [-0.05, 0) is 30.7 Å². The molecule has 0 fully saturated rings. The number of carbonyl (C=O) groups excluding carboxylic acids is 1. The Morgan fingerprint density at radius 3 is 2.58 bits per heavy atom. The summed E-state index contributed by atoms with van der Waals surface area (Å²) in [6, 6.07) is 14.5. The van der Waals surface area contributed by atoms with Crippen LogP contribution >= 0.6 is 11.6 Å². The lowest BCUT2D eigenvalue weighted by atomic mass is 10.1. The summed E-state index contributed by atoms with van der Waals surface area (Å²) in [5, 5.41) is 3.40. The van der Waals surface area contributed by atoms with Gasteiger partial charge in [-0.1, -0.05) is 41.9 Å². The minimum Gasteiger partial charge on any atom is -0.398 e. The average Bonchev–Trinajstić information content (AvgIpc) is 2.42. The van der Waals surface area contributed by atoms with Crippen LogP contribution < -0.4 is 11.1 Å². The molecular weight excluding hydrogens is 260 g/mol. The van der Waals surface area contributed by atoms with E-state index in [0.29, 0.717) is 16.3 Å². The maximum atomic E-state index is 12.2. The van der Waals surface area contributed by atoms with Gasteiger partial charge in [0.15, 0.2) is 0 Å². The summed E-state index contributed by atoms with van der Waals surface area (Å²) in [5.41, 5.74) is 7.64. The van der Waals surface area contributed by atoms with E-state index >= 15 is 0 Å². The third-order valence-electron chi connectivity index (χ3n) is 2.91. The van der Waals surface area contributed by atoms with Gasteiger partial charge in [0.1, 0.15) is 0 Å². The molecule has 1 amide bonds. The van der Waals surface area contributed by atoms with Crippen LogP contribution in [-0.4, -0.2) is 5.91 Å². The van der Waals surface area contributed by atoms with Crippen LogP contribution in [0.3, 0.4) is 0 Å². The first-order valence-electron chi connectivity index (χ1n) is 5.99. The quantitative estimate of drug-likeness (QED) is 0.843. The van der Waals surface area contributed by atoms with E-state index < -0.39 is 0 Å². The van der Waals surface area contributed by atoms with E-state index in [2.05, 4.69) is 5.32 Å². The SMILES string of the molecule is C[C@H](NC(=O)c1cc(Cl)ccc1N)c1ccccc1. The summed E-state index contributed by atoms with van der Waals surface area (Å²) in [7, 11) is 0. The zero-order chi connectivity index (χ0) is 13.8. The standard InChI is InChI=1S/C15H15ClN2O/c1-10(11-5-3-2-4-6-11)18-15(19)13-9-12(16)7-8-14(13)17/h2-10H,17H2,1H3,(H,18,19)/t10-/m0/s1. The van der Waals surface area contributed by atoms with Gasteiger partial charge >= 0.3 is 0 Å². The Kier molecular flexibility index (Phi) is 4.07. The molecule has 0 aliphatic rings. The average molecular weight is 275 g/mol. The second-order valence-corrected chi connectivity index (χ2v) is 4.77. The number of hydrogen-bond acceptors (Lipinski definition) is 2. The Morgan fingerprint density at radius 1 is 1.21 bits per heavy atom. The molecule has 0 radical (unpaired) electrons. The van der Waals surface area contributed by atoms with E-state index in [-0.39, 0.29) is 11.9 Å². The molecule has 0 saturated heterocycles. The van der Waals surface area contributed by atoms with E-state index in [0.717, 1.165) is 5.56 Å². The fourth-order valence-electron chi connectivity index (χ4n) is 1.82. The monoisotopic (exact) mass is 274 g/mol. The van der Waals surface area contributed by atoms with Crippen molar-refractivity contribution in [2.75, 3.05) is 5.73 Å². The molecule has 0 aromatic heterocycles. The molecule has 0 aliphatic heterocycles. The van der Waals surface area contributed by atoms with Crippen LogP contribution in [0.15, 0.2) is 48.5 Å². The maximum absolute atomic E-state index is 12.2. The number of nitrogen functional groups attached to an aromatic ring is 1. The Hall–Kier alpha value is -2.00. The number of nitrogens with one attached hydrogen (secondary N) is 1. The number of halogens is 1. The van der Waals surface area contributed by atoms with E-state index in [1.807, 2.05) is 37.3 Å². The van der Waals surface area contributed by atoms with Crippen molar-refractivity contribution in [3.63, 3.8) is 0 Å². The van der Waals surface area contributed by atoms with Gasteiger partial charge in [-0.3, -0.25) is 4.79 Å². The summed E-state index contributed by atoms with van der Waals surface area (Å²) in [6.45, 7) is 1.92. The van der Waals surface area contributed by atoms with Gasteiger partial charge in [-0.25, -0.2) is 0 Å². The number of nitrogens with two attached hydrogens (primary N) is 1. The second kappa shape index (κ2) is 5.76. The number of hydrogen-bond donors (Lipinski definition) is 2. The minimum atomic E-state index is -0.226. The molecule has 4 heteroatoms. The zero-order valence-electron chi connectivity index (χ0n) is 10.6. The molecule has 0 unspecified atom stereocenters. The summed E-state index contributed by atoms with van der Waals surface area (Å²) in [6.07, 6.45) is 0. The molecule has 0 heterocycles. The fourth-order valence-corrected chi connectivity index (χ4v) is 2.00. The molecule has 19 heavy (non-hydrogen) atoms. The highest BCUT2D eigenvalue weighted by molar-refractivity contribution is 6.31. The lowest BCUT2D eigenvalue weighted by Gasteiger charge is -2.15. The molecule has 0 bridgehead atoms. The van der Waals surface area contributed by atoms with Crippen LogP contribution in [0.1, 0.15) is 28.9 Å². The lowest BCUT2D eigenvalue weighted by Crippen LogP contribution is -2.27. The van der Waals surface area contributed by atoms with Crippen molar-refractivity contribution in [1.29, 1.82) is 0 Å². The number of carbonyl (C=O) groups is 1. The molecule has 2 aromatic rings. The van der Waals surface area contributed by atoms with Gasteiger partial charge in [0.05, 0.1) is 11.6 Å². The van der Waals surface area contributed by atoms with Gasteiger partial charge in [0.2, 0.25) is 0 Å². The smallest absolute Gasteiger partial charge is 0.253 e. The van der Waals surface area contributed by atoms with Gasteiger partial charge in [0.25, 0.3) is 5.91 Å². The lowest BCUT2D eigenvalue weighted by molar-refractivity contribution is 0.0941. The molecule has 0 aliphatic carbocycles. The number of anilines is 1. The molecule has 2 rings (SSSR count). The van der Waals surface area contributed by atoms with Crippen molar-refractivity contribution in [2.24, 2.45) is 0 Å². The van der Waals surface area contributed by atoms with E-state index in [1.54, 1.807) is 18.2 Å². The third-order valence-corrected chi connectivity index (χ3v) is 3.14. The van der Waals surface area contributed by atoms with Crippen molar-refractivity contribution in [3.05, 3.63) is 64.7 Å². The molecule has 3 nitrogen and oxygen atoms in total. The Morgan fingerprint density at radius 2 is 1.89 bits per heavy atom. The highest BCUT2D eigenvalue weighted by Gasteiger charge is 2.14. The topological polar surface area (TPSA) is 55.1 Å². The third kappa shape index (κ3) is 3.26. The van der Waals surface area contributed by atoms with E-state index in [9.17, 15) is 4.79 Å². The van der Waals surface area contributed by atoms with Crippen LogP contribution in [0.25, 0.3) is 0 Å². The van der Waals surface area contributed by atoms with Crippen molar-refractivity contribution in [2.45, 2.75) is 13.0 Å². The molecule has 1 atom stereocenters. The van der Waals surface area contributed by atoms with Gasteiger partial charge in [0, 0.05) is 10.7 Å². The van der Waals surface area contributed by atoms with Crippen LogP contribution in [0.5, 0.6) is 0 Å². The van der Waals surface area contributed by atoms with Crippen LogP contribution in [-0.2, 0) is 0 Å². The van der Waals surface area contributed by atoms with Crippen molar-refractivity contribution in [3.8, 4) is 0 Å². The van der Waals surface area contributed by atoms with Gasteiger partial charge < -0.3 is 11.1 Å². The molecule has 0 spiro atoms. The van der Waals surface area contributed by atoms with Crippen molar-refractivity contribution in [1.82, 2.24) is 5.32 Å². The summed E-state index contributed by atoms with van der Waals surface area (Å²) in [4.78, 5) is 12.2. The molecule has 2 aromatic carbocycles. The summed E-state index contributed by atoms with van der Waals surface area (Å²) in [5.74, 6) is -0.226. The molecule has 98 valence electrons. The minimum absolute atomic E-state index is 0.0907. The first-order valence-corrected chi connectivity index (χ1v) is 6.36. The highest BCUT2D eigenvalue weighted by Crippen LogP contribution is 2.19. The Bertz CT molecular complexity index is 584. The molecule has 3 N–H and O–H groups in total. The first-order chi connectivity index (χ1) is 9.08. The normalized spacial score (nSPS) is 11.9. The molecule has 0 saturated carbocycles. The number of rotatable bonds is 3. The predicted octanol–water partition coefficient (Wildman–Crippen LogP) is 3.41. The fraction of sp³-hybridized carbons (Fsp3) is 0.133. The number of amides is 1. The maximum Gasteiger partial charge on any atom is 0.253 e. The highest BCUT2D eigenvalue weighted by atomic mass is 35.5. The molecular formula is C15H15ClN2O. The van der Waals surface area contributed by atoms with Gasteiger partial charge in [-0.2, -0.15) is 0 Å². The van der Waals surface area contributed by atoms with Crippen molar-refractivity contribution >= 4 is 23.2 Å². The first kappa shape index (κ1) is 13.4. The number of benzene rings is 2. The van der Waals surface area contributed by atoms with Crippen LogP contribution in [0.2, 0.25) is 5.02 Å². The Balaban J connectivity index is 2.15. The largest absolute Gasteiger partial charge is 0.398 e. The van der Waals surface area contributed by atoms with E-state index in [1.165, 1.54) is 0 Å². The summed E-state index contributed by atoms with van der Waals surface area (Å²) < 4.78 is 0. The zero-order valence-corrected chi connectivity index (χ0v) is 11.3. The second-order valence-electron chi connectivity index (χ2n) is 4.34. The van der Waals surface area contributed by atoms with Crippen LogP contribution in [0, 0.1) is 0 Å². The Labute approximate surface area is 117 Å². The van der Waals surface area contributed by atoms with Crippen LogP contribution in [0.4, 0.5) is 5.69 Å². The predicted molar refractivity (Wildman–Crippen MR) is 78.2 cm³/mol.